The first-order chi connectivity index (χ1) is 14.0. The second-order valence-corrected chi connectivity index (χ2v) is 7.32. The second kappa shape index (κ2) is 8.05. The van der Waals surface area contributed by atoms with Crippen molar-refractivity contribution in [3.05, 3.63) is 58.5 Å². The number of aromatic nitrogens is 1. The van der Waals surface area contributed by atoms with Crippen molar-refractivity contribution in [1.29, 1.82) is 0 Å². The Hall–Kier alpha value is -2.57. The molecule has 2 heterocycles. The van der Waals surface area contributed by atoms with Crippen LogP contribution in [-0.2, 0) is 9.47 Å². The molecule has 0 spiro atoms. The fourth-order valence-electron chi connectivity index (χ4n) is 3.81. The van der Waals surface area contributed by atoms with Crippen LogP contribution in [0.15, 0.2) is 36.4 Å². The monoisotopic (exact) mass is 416 g/mol. The second-order valence-electron chi connectivity index (χ2n) is 6.95. The van der Waals surface area contributed by atoms with E-state index in [1.54, 1.807) is 13.0 Å². The third-order valence-corrected chi connectivity index (χ3v) is 5.42. The molecule has 152 valence electrons. The number of fused-ring (bicyclic) bond motifs is 1. The molecule has 7 heteroatoms. The molecule has 1 saturated heterocycles. The first-order valence-corrected chi connectivity index (χ1v) is 10.00. The maximum absolute atomic E-state index is 14.5. The van der Waals surface area contributed by atoms with E-state index < -0.39 is 11.8 Å². The van der Waals surface area contributed by atoms with Crippen LogP contribution in [0.1, 0.15) is 23.0 Å². The van der Waals surface area contributed by atoms with Gasteiger partial charge >= 0.3 is 5.97 Å². The molecule has 1 aromatic heterocycles. The van der Waals surface area contributed by atoms with E-state index in [0.29, 0.717) is 48.6 Å². The molecule has 0 N–H and O–H groups in total. The number of aryl methyl sites for hydroxylation is 1. The lowest BCUT2D eigenvalue weighted by molar-refractivity contribution is 0.0517. The van der Waals surface area contributed by atoms with Gasteiger partial charge in [-0.15, -0.1) is 0 Å². The summed E-state index contributed by atoms with van der Waals surface area (Å²) in [7, 11) is 0. The Balaban J connectivity index is 2.11. The van der Waals surface area contributed by atoms with E-state index in [2.05, 4.69) is 0 Å². The van der Waals surface area contributed by atoms with Crippen LogP contribution in [-0.4, -0.2) is 43.4 Å². The summed E-state index contributed by atoms with van der Waals surface area (Å²) in [5, 5.41) is 0.513. The zero-order valence-corrected chi connectivity index (χ0v) is 17.1. The van der Waals surface area contributed by atoms with Crippen molar-refractivity contribution in [1.82, 2.24) is 4.57 Å². The van der Waals surface area contributed by atoms with Crippen molar-refractivity contribution in [2.45, 2.75) is 13.8 Å². The van der Waals surface area contributed by atoms with E-state index in [4.69, 9.17) is 21.1 Å². The van der Waals surface area contributed by atoms with E-state index in [9.17, 15) is 9.18 Å². The predicted molar refractivity (Wildman–Crippen MR) is 112 cm³/mol. The van der Waals surface area contributed by atoms with Gasteiger partial charge in [-0.2, -0.15) is 0 Å². The summed E-state index contributed by atoms with van der Waals surface area (Å²) in [6, 6.07) is 10.8. The largest absolute Gasteiger partial charge is 0.461 e. The Morgan fingerprint density at radius 2 is 2.00 bits per heavy atom. The van der Waals surface area contributed by atoms with Crippen molar-refractivity contribution in [2.24, 2.45) is 0 Å². The Morgan fingerprint density at radius 3 is 2.69 bits per heavy atom. The van der Waals surface area contributed by atoms with Gasteiger partial charge in [-0.3, -0.25) is 0 Å². The number of carbonyl (C=O) groups is 1. The first-order valence-electron chi connectivity index (χ1n) is 9.62. The average molecular weight is 417 g/mol. The number of nitrogens with zero attached hydrogens (tertiary/aromatic N) is 2. The van der Waals surface area contributed by atoms with Gasteiger partial charge in [-0.1, -0.05) is 23.7 Å². The van der Waals surface area contributed by atoms with Crippen LogP contribution in [0.3, 0.4) is 0 Å². The molecule has 0 aliphatic carbocycles. The standard InChI is InChI=1S/C22H22ClFN2O3/c1-3-29-22(27)21-20(25-9-11-28-12-10-25)18-17(8-7-16(24)19(18)23)26(21)15-6-4-5-14(2)13-15/h4-8,13H,3,9-12H2,1-2H3. The number of esters is 1. The molecule has 0 bridgehead atoms. The quantitative estimate of drug-likeness (QED) is 0.576. The first kappa shape index (κ1) is 19.7. The van der Waals surface area contributed by atoms with Gasteiger partial charge in [0, 0.05) is 24.2 Å². The van der Waals surface area contributed by atoms with Crippen molar-refractivity contribution in [2.75, 3.05) is 37.8 Å². The van der Waals surface area contributed by atoms with Gasteiger partial charge < -0.3 is 18.9 Å². The fraction of sp³-hybridized carbons (Fsp3) is 0.318. The Labute approximate surface area is 173 Å². The lowest BCUT2D eigenvalue weighted by Gasteiger charge is -2.29. The summed E-state index contributed by atoms with van der Waals surface area (Å²) in [4.78, 5) is 15.1. The summed E-state index contributed by atoms with van der Waals surface area (Å²) in [6.45, 7) is 6.17. The third kappa shape index (κ3) is 3.47. The smallest absolute Gasteiger partial charge is 0.357 e. The molecule has 1 aliphatic rings. The van der Waals surface area contributed by atoms with Crippen LogP contribution >= 0.6 is 11.6 Å². The van der Waals surface area contributed by atoms with E-state index in [1.165, 1.54) is 6.07 Å². The predicted octanol–water partition coefficient (Wildman–Crippen LogP) is 4.74. The van der Waals surface area contributed by atoms with E-state index in [1.807, 2.05) is 40.7 Å². The summed E-state index contributed by atoms with van der Waals surface area (Å²) in [5.41, 5.74) is 3.43. The minimum Gasteiger partial charge on any atom is -0.461 e. The maximum Gasteiger partial charge on any atom is 0.357 e. The summed E-state index contributed by atoms with van der Waals surface area (Å²) < 4.78 is 27.1. The van der Waals surface area contributed by atoms with Gasteiger partial charge in [0.2, 0.25) is 0 Å². The summed E-state index contributed by atoms with van der Waals surface area (Å²) in [6.07, 6.45) is 0. The molecule has 0 radical (unpaired) electrons. The Kier molecular flexibility index (Phi) is 5.48. The van der Waals surface area contributed by atoms with Gasteiger partial charge in [0.25, 0.3) is 0 Å². The van der Waals surface area contributed by atoms with Crippen molar-refractivity contribution < 1.29 is 18.7 Å². The van der Waals surface area contributed by atoms with Crippen molar-refractivity contribution in [3.8, 4) is 5.69 Å². The lowest BCUT2D eigenvalue weighted by Crippen LogP contribution is -2.37. The van der Waals surface area contributed by atoms with Gasteiger partial charge in [0.1, 0.15) is 5.82 Å². The molecule has 0 atom stereocenters. The number of halogens is 2. The fourth-order valence-corrected chi connectivity index (χ4v) is 4.06. The van der Waals surface area contributed by atoms with Crippen LogP contribution in [0.2, 0.25) is 5.02 Å². The molecule has 2 aromatic carbocycles. The van der Waals surface area contributed by atoms with Crippen molar-refractivity contribution in [3.63, 3.8) is 0 Å². The van der Waals surface area contributed by atoms with Crippen LogP contribution in [0.25, 0.3) is 16.6 Å². The normalized spacial score (nSPS) is 14.4. The Morgan fingerprint density at radius 1 is 1.24 bits per heavy atom. The van der Waals surface area contributed by atoms with Crippen LogP contribution in [0.4, 0.5) is 10.1 Å². The van der Waals surface area contributed by atoms with E-state index >= 15 is 0 Å². The van der Waals surface area contributed by atoms with Crippen LogP contribution in [0, 0.1) is 12.7 Å². The molecule has 29 heavy (non-hydrogen) atoms. The molecule has 0 unspecified atom stereocenters. The third-order valence-electron chi connectivity index (χ3n) is 5.05. The Bertz CT molecular complexity index is 1070. The summed E-state index contributed by atoms with van der Waals surface area (Å²) >= 11 is 6.44. The number of carbonyl (C=O) groups excluding carboxylic acids is 1. The maximum atomic E-state index is 14.5. The average Bonchev–Trinajstić information content (AvgIpc) is 3.07. The van der Waals surface area contributed by atoms with E-state index in [-0.39, 0.29) is 11.6 Å². The van der Waals surface area contributed by atoms with Crippen LogP contribution in [0.5, 0.6) is 0 Å². The molecule has 0 saturated carbocycles. The van der Waals surface area contributed by atoms with E-state index in [0.717, 1.165) is 11.3 Å². The highest BCUT2D eigenvalue weighted by Gasteiger charge is 2.31. The number of ether oxygens (including phenoxy) is 2. The van der Waals surface area contributed by atoms with Gasteiger partial charge in [0.15, 0.2) is 5.69 Å². The minimum absolute atomic E-state index is 0.000873. The van der Waals surface area contributed by atoms with Crippen molar-refractivity contribution >= 4 is 34.2 Å². The number of rotatable bonds is 4. The molecular weight excluding hydrogens is 395 g/mol. The highest BCUT2D eigenvalue weighted by molar-refractivity contribution is 6.37. The minimum atomic E-state index is -0.523. The molecule has 3 aromatic rings. The molecule has 4 rings (SSSR count). The lowest BCUT2D eigenvalue weighted by atomic mass is 10.2. The zero-order valence-electron chi connectivity index (χ0n) is 16.4. The number of hydrogen-bond acceptors (Lipinski definition) is 4. The molecule has 1 fully saturated rings. The SMILES string of the molecule is CCOC(=O)c1c(N2CCOCC2)c2c(Cl)c(F)ccc2n1-c1cccc(C)c1. The molecule has 5 nitrogen and oxygen atoms in total. The number of morpholine rings is 1. The highest BCUT2D eigenvalue weighted by Crippen LogP contribution is 2.42. The number of anilines is 1. The van der Waals surface area contributed by atoms with Gasteiger partial charge in [0.05, 0.1) is 36.0 Å². The van der Waals surface area contributed by atoms with Gasteiger partial charge in [-0.05, 0) is 43.7 Å². The number of benzene rings is 2. The molecule has 0 amide bonds. The van der Waals surface area contributed by atoms with Crippen LogP contribution < -0.4 is 4.90 Å². The number of hydrogen-bond donors (Lipinski definition) is 0. The topological polar surface area (TPSA) is 43.7 Å². The zero-order chi connectivity index (χ0) is 20.5. The highest BCUT2D eigenvalue weighted by atomic mass is 35.5. The molecule has 1 aliphatic heterocycles. The molecular formula is C22H22ClFN2O3. The summed E-state index contributed by atoms with van der Waals surface area (Å²) in [5.74, 6) is -0.992. The van der Waals surface area contributed by atoms with Gasteiger partial charge in [-0.25, -0.2) is 9.18 Å².